The SMILES string of the molecule is CCCCC(CCCC)(CCCCCCCC(=O)OCCOCCOCCO)C(=O)O. The molecule has 0 spiro atoms. The van der Waals surface area contributed by atoms with E-state index >= 15 is 0 Å². The highest BCUT2D eigenvalue weighted by molar-refractivity contribution is 5.74. The van der Waals surface area contributed by atoms with Gasteiger partial charge in [0.25, 0.3) is 0 Å². The summed E-state index contributed by atoms with van der Waals surface area (Å²) >= 11 is 0. The number of ether oxygens (including phenoxy) is 3. The van der Waals surface area contributed by atoms with E-state index in [2.05, 4.69) is 13.8 Å². The molecule has 0 aliphatic carbocycles. The number of unbranched alkanes of at least 4 members (excludes halogenated alkanes) is 6. The molecule has 31 heavy (non-hydrogen) atoms. The zero-order valence-corrected chi connectivity index (χ0v) is 19.9. The van der Waals surface area contributed by atoms with E-state index in [4.69, 9.17) is 19.3 Å². The molecule has 7 nitrogen and oxygen atoms in total. The number of hydrogen-bond acceptors (Lipinski definition) is 6. The van der Waals surface area contributed by atoms with Gasteiger partial charge < -0.3 is 24.4 Å². The molecule has 7 heteroatoms. The summed E-state index contributed by atoms with van der Waals surface area (Å²) in [6.45, 7) is 5.94. The molecule has 0 radical (unpaired) electrons. The molecule has 0 heterocycles. The van der Waals surface area contributed by atoms with Crippen LogP contribution in [0.25, 0.3) is 0 Å². The van der Waals surface area contributed by atoms with E-state index in [0.29, 0.717) is 32.8 Å². The fraction of sp³-hybridized carbons (Fsp3) is 0.917. The van der Waals surface area contributed by atoms with Gasteiger partial charge in [0, 0.05) is 6.42 Å². The number of carboxylic acids is 1. The number of aliphatic hydroxyl groups excluding tert-OH is 1. The topological polar surface area (TPSA) is 102 Å². The number of aliphatic hydroxyl groups is 1. The molecular formula is C24H46O7. The van der Waals surface area contributed by atoms with Gasteiger partial charge in [0.2, 0.25) is 0 Å². The predicted molar refractivity (Wildman–Crippen MR) is 121 cm³/mol. The third kappa shape index (κ3) is 16.2. The van der Waals surface area contributed by atoms with Crippen molar-refractivity contribution in [2.24, 2.45) is 5.41 Å². The third-order valence-electron chi connectivity index (χ3n) is 5.61. The molecule has 0 rings (SSSR count). The second-order valence-electron chi connectivity index (χ2n) is 8.23. The summed E-state index contributed by atoms with van der Waals surface area (Å²) < 4.78 is 15.5. The van der Waals surface area contributed by atoms with Gasteiger partial charge in [0.1, 0.15) is 6.61 Å². The first-order valence-corrected chi connectivity index (χ1v) is 12.2. The van der Waals surface area contributed by atoms with Gasteiger partial charge in [0.15, 0.2) is 0 Å². The Bertz CT molecular complexity index is 432. The Morgan fingerprint density at radius 3 is 1.81 bits per heavy atom. The summed E-state index contributed by atoms with van der Waals surface area (Å²) in [5.41, 5.74) is -0.553. The quantitative estimate of drug-likeness (QED) is 0.173. The number of aliphatic carboxylic acids is 1. The smallest absolute Gasteiger partial charge is 0.309 e. The molecule has 0 aromatic carbocycles. The molecule has 0 saturated heterocycles. The van der Waals surface area contributed by atoms with Crippen molar-refractivity contribution in [2.45, 2.75) is 97.3 Å². The van der Waals surface area contributed by atoms with Crippen LogP contribution in [0.5, 0.6) is 0 Å². The first-order chi connectivity index (χ1) is 15.0. The monoisotopic (exact) mass is 446 g/mol. The Morgan fingerprint density at radius 2 is 1.23 bits per heavy atom. The first kappa shape index (κ1) is 29.8. The largest absolute Gasteiger partial charge is 0.481 e. The van der Waals surface area contributed by atoms with Gasteiger partial charge in [-0.15, -0.1) is 0 Å². The van der Waals surface area contributed by atoms with E-state index in [-0.39, 0.29) is 19.2 Å². The van der Waals surface area contributed by atoms with Crippen LogP contribution in [0.15, 0.2) is 0 Å². The summed E-state index contributed by atoms with van der Waals surface area (Å²) in [6, 6.07) is 0. The first-order valence-electron chi connectivity index (χ1n) is 12.2. The van der Waals surface area contributed by atoms with Crippen molar-refractivity contribution in [1.29, 1.82) is 0 Å². The van der Waals surface area contributed by atoms with E-state index in [1.807, 2.05) is 0 Å². The Balaban J connectivity index is 3.82. The lowest BCUT2D eigenvalue weighted by Gasteiger charge is -2.29. The van der Waals surface area contributed by atoms with Crippen molar-refractivity contribution < 1.29 is 34.0 Å². The van der Waals surface area contributed by atoms with Crippen molar-refractivity contribution in [3.63, 3.8) is 0 Å². The van der Waals surface area contributed by atoms with E-state index in [1.54, 1.807) is 0 Å². The van der Waals surface area contributed by atoms with E-state index < -0.39 is 11.4 Å². The molecule has 0 amide bonds. The standard InChI is InChI=1S/C24H46O7/c1-3-5-13-24(23(27)28,14-6-4-2)15-11-9-7-8-10-12-22(26)31-21-20-30-19-18-29-17-16-25/h25H,3-21H2,1-2H3,(H,27,28). The van der Waals surface area contributed by atoms with Gasteiger partial charge in [0.05, 0.1) is 38.4 Å². The van der Waals surface area contributed by atoms with Crippen LogP contribution in [-0.2, 0) is 23.8 Å². The van der Waals surface area contributed by atoms with Gasteiger partial charge in [-0.3, -0.25) is 9.59 Å². The normalized spacial score (nSPS) is 11.6. The summed E-state index contributed by atoms with van der Waals surface area (Å²) in [6.07, 6.45) is 11.4. The van der Waals surface area contributed by atoms with Crippen LogP contribution in [0.2, 0.25) is 0 Å². The van der Waals surface area contributed by atoms with Crippen LogP contribution in [0.4, 0.5) is 0 Å². The molecule has 0 aromatic heterocycles. The lowest BCUT2D eigenvalue weighted by atomic mass is 9.74. The number of carbonyl (C=O) groups excluding carboxylic acids is 1. The maximum absolute atomic E-state index is 12.0. The fourth-order valence-electron chi connectivity index (χ4n) is 3.66. The molecule has 0 fully saturated rings. The Morgan fingerprint density at radius 1 is 0.710 bits per heavy atom. The van der Waals surface area contributed by atoms with Crippen molar-refractivity contribution in [3.8, 4) is 0 Å². The third-order valence-corrected chi connectivity index (χ3v) is 5.61. The average molecular weight is 447 g/mol. The van der Waals surface area contributed by atoms with Crippen molar-refractivity contribution >= 4 is 11.9 Å². The molecule has 0 unspecified atom stereocenters. The van der Waals surface area contributed by atoms with E-state index in [9.17, 15) is 14.7 Å². The Kier molecular flexibility index (Phi) is 19.9. The average Bonchev–Trinajstić information content (AvgIpc) is 2.76. The molecule has 0 aromatic rings. The van der Waals surface area contributed by atoms with Crippen LogP contribution in [0.3, 0.4) is 0 Å². The molecule has 0 aliphatic heterocycles. The van der Waals surface area contributed by atoms with Crippen LogP contribution >= 0.6 is 0 Å². The second kappa shape index (κ2) is 20.7. The number of esters is 1. The molecule has 0 saturated carbocycles. The maximum Gasteiger partial charge on any atom is 0.309 e. The zero-order chi connectivity index (χ0) is 23.2. The summed E-state index contributed by atoms with van der Waals surface area (Å²) in [5.74, 6) is -0.831. The summed E-state index contributed by atoms with van der Waals surface area (Å²) in [4.78, 5) is 23.7. The lowest BCUT2D eigenvalue weighted by Crippen LogP contribution is -2.31. The van der Waals surface area contributed by atoms with Gasteiger partial charge in [-0.2, -0.15) is 0 Å². The molecular weight excluding hydrogens is 400 g/mol. The number of carboxylic acid groups (broad SMARTS) is 1. The maximum atomic E-state index is 12.0. The van der Waals surface area contributed by atoms with Gasteiger partial charge in [-0.25, -0.2) is 0 Å². The van der Waals surface area contributed by atoms with Crippen LogP contribution in [-0.4, -0.2) is 61.8 Å². The Labute approximate surface area is 188 Å². The zero-order valence-electron chi connectivity index (χ0n) is 19.9. The predicted octanol–water partition coefficient (Wildman–Crippen LogP) is 4.74. The molecule has 0 aliphatic rings. The summed E-state index contributed by atoms with van der Waals surface area (Å²) in [7, 11) is 0. The highest BCUT2D eigenvalue weighted by Gasteiger charge is 2.36. The highest BCUT2D eigenvalue weighted by atomic mass is 16.6. The minimum absolute atomic E-state index is 0.00135. The number of rotatable bonds is 23. The minimum atomic E-state index is -0.626. The second-order valence-corrected chi connectivity index (χ2v) is 8.23. The van der Waals surface area contributed by atoms with Crippen molar-refractivity contribution in [2.75, 3.05) is 39.6 Å². The number of hydrogen-bond donors (Lipinski definition) is 2. The molecule has 0 bridgehead atoms. The van der Waals surface area contributed by atoms with E-state index in [1.165, 1.54) is 0 Å². The summed E-state index contributed by atoms with van der Waals surface area (Å²) in [5, 5.41) is 18.4. The van der Waals surface area contributed by atoms with Gasteiger partial charge >= 0.3 is 11.9 Å². The van der Waals surface area contributed by atoms with Crippen molar-refractivity contribution in [1.82, 2.24) is 0 Å². The fourth-order valence-corrected chi connectivity index (χ4v) is 3.66. The molecule has 2 N–H and O–H groups in total. The van der Waals surface area contributed by atoms with Crippen LogP contribution in [0.1, 0.15) is 97.3 Å². The van der Waals surface area contributed by atoms with Gasteiger partial charge in [-0.1, -0.05) is 65.2 Å². The van der Waals surface area contributed by atoms with Gasteiger partial charge in [-0.05, 0) is 25.7 Å². The van der Waals surface area contributed by atoms with Crippen molar-refractivity contribution in [3.05, 3.63) is 0 Å². The lowest BCUT2D eigenvalue weighted by molar-refractivity contribution is -0.151. The highest BCUT2D eigenvalue weighted by Crippen LogP contribution is 2.37. The van der Waals surface area contributed by atoms with Crippen LogP contribution < -0.4 is 0 Å². The Hall–Kier alpha value is -1.18. The van der Waals surface area contributed by atoms with E-state index in [0.717, 1.165) is 77.0 Å². The minimum Gasteiger partial charge on any atom is -0.481 e. The molecule has 184 valence electrons. The van der Waals surface area contributed by atoms with Crippen LogP contribution in [0, 0.1) is 5.41 Å². The molecule has 0 atom stereocenters. The number of carbonyl (C=O) groups is 2.